The van der Waals surface area contributed by atoms with Gasteiger partial charge in [0.2, 0.25) is 0 Å². The molecule has 2 rings (SSSR count). The molecule has 0 spiro atoms. The molecule has 0 aliphatic heterocycles. The first kappa shape index (κ1) is 14.1. The van der Waals surface area contributed by atoms with Crippen LogP contribution in [-0.4, -0.2) is 5.91 Å². The first-order valence-corrected chi connectivity index (χ1v) is 7.50. The predicted molar refractivity (Wildman–Crippen MR) is 83.5 cm³/mol. The van der Waals surface area contributed by atoms with Crippen LogP contribution in [0.25, 0.3) is 0 Å². The van der Waals surface area contributed by atoms with E-state index in [1.54, 1.807) is 29.5 Å². The van der Waals surface area contributed by atoms with Crippen LogP contribution in [0.15, 0.2) is 34.8 Å². The molecule has 0 saturated heterocycles. The van der Waals surface area contributed by atoms with Gasteiger partial charge in [-0.3, -0.25) is 4.79 Å². The maximum atomic E-state index is 12.2. The summed E-state index contributed by atoms with van der Waals surface area (Å²) in [6, 6.07) is 9.29. The number of nitrogen functional groups attached to an aromatic ring is 1. The third-order valence-electron chi connectivity index (χ3n) is 2.77. The fourth-order valence-corrected chi connectivity index (χ4v) is 3.05. The molecule has 1 aromatic heterocycles. The zero-order valence-corrected chi connectivity index (χ0v) is 13.1. The predicted octanol–water partition coefficient (Wildman–Crippen LogP) is 3.89. The van der Waals surface area contributed by atoms with Crippen molar-refractivity contribution in [3.63, 3.8) is 0 Å². The molecule has 3 N–H and O–H groups in total. The van der Waals surface area contributed by atoms with E-state index in [2.05, 4.69) is 34.2 Å². The van der Waals surface area contributed by atoms with Gasteiger partial charge in [-0.15, -0.1) is 11.3 Å². The summed E-state index contributed by atoms with van der Waals surface area (Å²) in [5.74, 6) is -0.127. The highest BCUT2D eigenvalue weighted by Crippen LogP contribution is 2.24. The van der Waals surface area contributed by atoms with Gasteiger partial charge >= 0.3 is 0 Å². The standard InChI is InChI=1S/C14H15BrN2OS/c1-8-3-6-13(19-8)9(2)17-14(18)11-7-10(16)4-5-12(11)15/h3-7,9H,16H2,1-2H3,(H,17,18). The summed E-state index contributed by atoms with van der Waals surface area (Å²) in [7, 11) is 0. The number of nitrogens with two attached hydrogens (primary N) is 1. The van der Waals surface area contributed by atoms with Gasteiger partial charge in [-0.2, -0.15) is 0 Å². The fourth-order valence-electron chi connectivity index (χ4n) is 1.75. The third-order valence-corrected chi connectivity index (χ3v) is 4.65. The summed E-state index contributed by atoms with van der Waals surface area (Å²) in [6.07, 6.45) is 0. The highest BCUT2D eigenvalue weighted by molar-refractivity contribution is 9.10. The molecule has 0 bridgehead atoms. The minimum Gasteiger partial charge on any atom is -0.399 e. The monoisotopic (exact) mass is 338 g/mol. The topological polar surface area (TPSA) is 55.1 Å². The lowest BCUT2D eigenvalue weighted by atomic mass is 10.1. The quantitative estimate of drug-likeness (QED) is 0.834. The Morgan fingerprint density at radius 3 is 2.74 bits per heavy atom. The first-order chi connectivity index (χ1) is 8.97. The average molecular weight is 339 g/mol. The van der Waals surface area contributed by atoms with Crippen LogP contribution in [0.4, 0.5) is 5.69 Å². The molecule has 0 aliphatic carbocycles. The van der Waals surface area contributed by atoms with Gasteiger partial charge in [-0.1, -0.05) is 0 Å². The van der Waals surface area contributed by atoms with Gasteiger partial charge in [-0.05, 0) is 60.1 Å². The molecule has 19 heavy (non-hydrogen) atoms. The Morgan fingerprint density at radius 2 is 2.11 bits per heavy atom. The van der Waals surface area contributed by atoms with Crippen molar-refractivity contribution in [1.82, 2.24) is 5.32 Å². The number of thiophene rings is 1. The second-order valence-corrected chi connectivity index (χ2v) is 6.56. The minimum absolute atomic E-state index is 0.0143. The van der Waals surface area contributed by atoms with Gasteiger partial charge in [0, 0.05) is 19.9 Å². The average Bonchev–Trinajstić information content (AvgIpc) is 2.79. The van der Waals surface area contributed by atoms with Crippen molar-refractivity contribution in [3.8, 4) is 0 Å². The molecule has 3 nitrogen and oxygen atoms in total. The highest BCUT2D eigenvalue weighted by Gasteiger charge is 2.15. The molecule has 1 heterocycles. The van der Waals surface area contributed by atoms with Crippen molar-refractivity contribution in [2.45, 2.75) is 19.9 Å². The summed E-state index contributed by atoms with van der Waals surface area (Å²) >= 11 is 5.06. The van der Waals surface area contributed by atoms with Crippen molar-refractivity contribution in [1.29, 1.82) is 0 Å². The SMILES string of the molecule is Cc1ccc(C(C)NC(=O)c2cc(N)ccc2Br)s1. The van der Waals surface area contributed by atoms with E-state index in [9.17, 15) is 4.79 Å². The van der Waals surface area contributed by atoms with E-state index in [1.165, 1.54) is 4.88 Å². The Hall–Kier alpha value is -1.33. The lowest BCUT2D eigenvalue weighted by Crippen LogP contribution is -2.26. The summed E-state index contributed by atoms with van der Waals surface area (Å²) < 4.78 is 0.744. The van der Waals surface area contributed by atoms with Crippen molar-refractivity contribution in [2.24, 2.45) is 0 Å². The van der Waals surface area contributed by atoms with E-state index >= 15 is 0 Å². The number of nitrogens with one attached hydrogen (secondary N) is 1. The van der Waals surface area contributed by atoms with E-state index in [1.807, 2.05) is 13.0 Å². The number of amides is 1. The maximum Gasteiger partial charge on any atom is 0.253 e. The van der Waals surface area contributed by atoms with Crippen LogP contribution in [0.5, 0.6) is 0 Å². The number of hydrogen-bond acceptors (Lipinski definition) is 3. The van der Waals surface area contributed by atoms with Crippen molar-refractivity contribution in [2.75, 3.05) is 5.73 Å². The third kappa shape index (κ3) is 3.36. The van der Waals surface area contributed by atoms with Gasteiger partial charge in [0.25, 0.3) is 5.91 Å². The molecule has 5 heteroatoms. The summed E-state index contributed by atoms with van der Waals surface area (Å²) in [4.78, 5) is 14.6. The molecule has 1 unspecified atom stereocenters. The van der Waals surface area contributed by atoms with Crippen LogP contribution in [0, 0.1) is 6.92 Å². The number of hydrogen-bond donors (Lipinski definition) is 2. The Morgan fingerprint density at radius 1 is 1.37 bits per heavy atom. The van der Waals surface area contributed by atoms with Crippen molar-refractivity contribution < 1.29 is 4.79 Å². The van der Waals surface area contributed by atoms with Gasteiger partial charge in [-0.25, -0.2) is 0 Å². The molecule has 0 saturated carbocycles. The molecular formula is C14H15BrN2OS. The fraction of sp³-hybridized carbons (Fsp3) is 0.214. The summed E-state index contributed by atoms with van der Waals surface area (Å²) in [6.45, 7) is 4.03. The molecule has 1 amide bonds. The van der Waals surface area contributed by atoms with E-state index in [0.717, 1.165) is 9.35 Å². The van der Waals surface area contributed by atoms with Crippen molar-refractivity contribution >= 4 is 38.9 Å². The molecule has 0 radical (unpaired) electrons. The normalized spacial score (nSPS) is 12.2. The molecule has 2 aromatic rings. The number of carbonyl (C=O) groups is 1. The van der Waals surface area contributed by atoms with Crippen molar-refractivity contribution in [3.05, 3.63) is 50.1 Å². The summed E-state index contributed by atoms with van der Waals surface area (Å²) in [5, 5.41) is 2.98. The zero-order chi connectivity index (χ0) is 14.0. The number of benzene rings is 1. The van der Waals surface area contributed by atoms with Gasteiger partial charge < -0.3 is 11.1 Å². The molecule has 0 fully saturated rings. The number of halogens is 1. The van der Waals surface area contributed by atoms with E-state index < -0.39 is 0 Å². The highest BCUT2D eigenvalue weighted by atomic mass is 79.9. The summed E-state index contributed by atoms with van der Waals surface area (Å²) in [5.41, 5.74) is 6.84. The van der Waals surface area contributed by atoms with Gasteiger partial charge in [0.05, 0.1) is 11.6 Å². The molecule has 1 aromatic carbocycles. The number of rotatable bonds is 3. The molecule has 100 valence electrons. The Kier molecular flexibility index (Phi) is 4.27. The lowest BCUT2D eigenvalue weighted by molar-refractivity contribution is 0.0940. The number of aryl methyl sites for hydroxylation is 1. The van der Waals surface area contributed by atoms with Crippen LogP contribution in [0.2, 0.25) is 0 Å². The molecule has 1 atom stereocenters. The number of carbonyl (C=O) groups excluding carboxylic acids is 1. The van der Waals surface area contributed by atoms with Crippen LogP contribution in [0.3, 0.4) is 0 Å². The number of anilines is 1. The Bertz CT molecular complexity index is 609. The molecule has 0 aliphatic rings. The van der Waals surface area contributed by atoms with Crippen LogP contribution in [-0.2, 0) is 0 Å². The van der Waals surface area contributed by atoms with Gasteiger partial charge in [0.1, 0.15) is 0 Å². The largest absolute Gasteiger partial charge is 0.399 e. The van der Waals surface area contributed by atoms with Crippen LogP contribution < -0.4 is 11.1 Å². The Labute approximate surface area is 125 Å². The zero-order valence-electron chi connectivity index (χ0n) is 10.7. The second-order valence-electron chi connectivity index (χ2n) is 4.38. The van der Waals surface area contributed by atoms with Gasteiger partial charge in [0.15, 0.2) is 0 Å². The lowest BCUT2D eigenvalue weighted by Gasteiger charge is -2.13. The smallest absolute Gasteiger partial charge is 0.253 e. The van der Waals surface area contributed by atoms with E-state index in [-0.39, 0.29) is 11.9 Å². The first-order valence-electron chi connectivity index (χ1n) is 5.89. The van der Waals surface area contributed by atoms with Crippen LogP contribution in [0.1, 0.15) is 33.1 Å². The Balaban J connectivity index is 2.15. The van der Waals surface area contributed by atoms with E-state index in [0.29, 0.717) is 11.3 Å². The maximum absolute atomic E-state index is 12.2. The molecular weight excluding hydrogens is 324 g/mol. The minimum atomic E-state index is -0.127. The van der Waals surface area contributed by atoms with E-state index in [4.69, 9.17) is 5.73 Å². The second kappa shape index (κ2) is 5.75. The van der Waals surface area contributed by atoms with Crippen LogP contribution >= 0.6 is 27.3 Å².